The van der Waals surface area contributed by atoms with Gasteiger partial charge in [-0.15, -0.1) is 0 Å². The van der Waals surface area contributed by atoms with Crippen LogP contribution < -0.4 is 4.74 Å². The number of hydrogen-bond donors (Lipinski definition) is 0. The maximum absolute atomic E-state index is 13.3. The second-order valence-electron chi connectivity index (χ2n) is 7.96. The summed E-state index contributed by atoms with van der Waals surface area (Å²) in [6.07, 6.45) is 0.799. The number of ether oxygens (including phenoxy) is 1. The lowest BCUT2D eigenvalue weighted by molar-refractivity contribution is -0.138. The fourth-order valence-electron chi connectivity index (χ4n) is 3.59. The minimum Gasteiger partial charge on any atom is -0.493 e. The molecule has 0 heterocycles. The van der Waals surface area contributed by atoms with Crippen molar-refractivity contribution in [2.75, 3.05) is 6.61 Å². The third-order valence-electron chi connectivity index (χ3n) is 5.70. The summed E-state index contributed by atoms with van der Waals surface area (Å²) in [4.78, 5) is 14.5. The predicted molar refractivity (Wildman–Crippen MR) is 104 cm³/mol. The molecular weight excluding hydrogens is 379 g/mol. The SMILES string of the molecule is O=C(c1ccccc1C(F)(F)F)N(Cc1ccc(OCC2CCC2)cc1)C1CC1. The molecule has 0 aliphatic heterocycles. The van der Waals surface area contributed by atoms with E-state index in [4.69, 9.17) is 4.74 Å². The molecule has 2 aliphatic carbocycles. The van der Waals surface area contributed by atoms with E-state index in [0.29, 0.717) is 12.5 Å². The van der Waals surface area contributed by atoms with E-state index in [9.17, 15) is 18.0 Å². The van der Waals surface area contributed by atoms with Gasteiger partial charge in [0.25, 0.3) is 5.91 Å². The van der Waals surface area contributed by atoms with E-state index in [1.54, 1.807) is 4.90 Å². The summed E-state index contributed by atoms with van der Waals surface area (Å²) < 4.78 is 45.8. The van der Waals surface area contributed by atoms with Crippen LogP contribution >= 0.6 is 0 Å². The van der Waals surface area contributed by atoms with Crippen molar-refractivity contribution in [1.82, 2.24) is 4.90 Å². The molecule has 3 nitrogen and oxygen atoms in total. The predicted octanol–water partition coefficient (Wildman–Crippen LogP) is 5.69. The number of nitrogens with zero attached hydrogens (tertiary/aromatic N) is 1. The van der Waals surface area contributed by atoms with Crippen molar-refractivity contribution in [3.63, 3.8) is 0 Å². The van der Waals surface area contributed by atoms with Crippen LogP contribution in [0.1, 0.15) is 53.6 Å². The van der Waals surface area contributed by atoms with Crippen molar-refractivity contribution in [2.45, 2.75) is 50.9 Å². The third kappa shape index (κ3) is 4.74. The molecule has 2 aromatic carbocycles. The van der Waals surface area contributed by atoms with Crippen LogP contribution in [0.25, 0.3) is 0 Å². The molecule has 2 aliphatic rings. The van der Waals surface area contributed by atoms with Gasteiger partial charge in [0.15, 0.2) is 0 Å². The monoisotopic (exact) mass is 403 g/mol. The Labute approximate surface area is 168 Å². The maximum atomic E-state index is 13.3. The molecule has 0 unspecified atom stereocenters. The molecule has 0 bridgehead atoms. The molecule has 154 valence electrons. The van der Waals surface area contributed by atoms with Crippen molar-refractivity contribution in [3.8, 4) is 5.75 Å². The number of carbonyl (C=O) groups is 1. The minimum absolute atomic E-state index is 0.00154. The number of alkyl halides is 3. The minimum atomic E-state index is -4.55. The normalized spacial score (nSPS) is 16.9. The van der Waals surface area contributed by atoms with Gasteiger partial charge in [0, 0.05) is 12.6 Å². The van der Waals surface area contributed by atoms with Crippen molar-refractivity contribution in [3.05, 3.63) is 65.2 Å². The lowest BCUT2D eigenvalue weighted by Crippen LogP contribution is -2.34. The highest BCUT2D eigenvalue weighted by atomic mass is 19.4. The maximum Gasteiger partial charge on any atom is 0.417 e. The Morgan fingerprint density at radius 1 is 1.00 bits per heavy atom. The summed E-state index contributed by atoms with van der Waals surface area (Å²) >= 11 is 0. The van der Waals surface area contributed by atoms with E-state index in [-0.39, 0.29) is 11.6 Å². The Morgan fingerprint density at radius 2 is 1.69 bits per heavy atom. The second kappa shape index (κ2) is 8.09. The van der Waals surface area contributed by atoms with Crippen LogP contribution in [-0.2, 0) is 12.7 Å². The van der Waals surface area contributed by atoms with Crippen molar-refractivity contribution in [1.29, 1.82) is 0 Å². The number of benzene rings is 2. The summed E-state index contributed by atoms with van der Waals surface area (Å²) in [6.45, 7) is 1.01. The Balaban J connectivity index is 1.47. The van der Waals surface area contributed by atoms with Crippen molar-refractivity contribution >= 4 is 5.91 Å². The lowest BCUT2D eigenvalue weighted by Gasteiger charge is -2.25. The summed E-state index contributed by atoms with van der Waals surface area (Å²) in [7, 11) is 0. The van der Waals surface area contributed by atoms with E-state index in [0.717, 1.165) is 36.8 Å². The van der Waals surface area contributed by atoms with Crippen LogP contribution in [0, 0.1) is 5.92 Å². The highest BCUT2D eigenvalue weighted by Crippen LogP contribution is 2.35. The Bertz CT molecular complexity index is 855. The number of halogens is 3. The first-order valence-electron chi connectivity index (χ1n) is 10.1. The molecule has 0 atom stereocenters. The zero-order valence-electron chi connectivity index (χ0n) is 16.1. The van der Waals surface area contributed by atoms with Crippen LogP contribution in [0.15, 0.2) is 48.5 Å². The van der Waals surface area contributed by atoms with Gasteiger partial charge in [0.05, 0.1) is 17.7 Å². The number of hydrogen-bond acceptors (Lipinski definition) is 2. The molecule has 29 heavy (non-hydrogen) atoms. The zero-order chi connectivity index (χ0) is 20.4. The van der Waals surface area contributed by atoms with Gasteiger partial charge in [-0.05, 0) is 61.4 Å². The molecule has 2 fully saturated rings. The number of rotatable bonds is 7. The molecule has 2 aromatic rings. The zero-order valence-corrected chi connectivity index (χ0v) is 16.1. The van der Waals surface area contributed by atoms with Crippen LogP contribution in [0.3, 0.4) is 0 Å². The van der Waals surface area contributed by atoms with E-state index in [2.05, 4.69) is 0 Å². The summed E-state index contributed by atoms with van der Waals surface area (Å²) in [5, 5.41) is 0. The Morgan fingerprint density at radius 3 is 2.28 bits per heavy atom. The third-order valence-corrected chi connectivity index (χ3v) is 5.70. The fraction of sp³-hybridized carbons (Fsp3) is 0.435. The van der Waals surface area contributed by atoms with Crippen LogP contribution in [0.2, 0.25) is 0 Å². The van der Waals surface area contributed by atoms with E-state index >= 15 is 0 Å². The topological polar surface area (TPSA) is 29.5 Å². The molecule has 4 rings (SSSR count). The summed E-state index contributed by atoms with van der Waals surface area (Å²) in [5.41, 5.74) is -0.284. The first kappa shape index (κ1) is 19.8. The summed E-state index contributed by atoms with van der Waals surface area (Å²) in [5.74, 6) is 0.865. The van der Waals surface area contributed by atoms with Gasteiger partial charge in [-0.1, -0.05) is 30.7 Å². The van der Waals surface area contributed by atoms with E-state index in [1.165, 1.54) is 37.5 Å². The largest absolute Gasteiger partial charge is 0.493 e. The smallest absolute Gasteiger partial charge is 0.417 e. The molecule has 1 amide bonds. The highest BCUT2D eigenvalue weighted by Gasteiger charge is 2.39. The molecule has 2 saturated carbocycles. The van der Waals surface area contributed by atoms with Gasteiger partial charge in [0.2, 0.25) is 0 Å². The van der Waals surface area contributed by atoms with Crippen molar-refractivity contribution < 1.29 is 22.7 Å². The average Bonchev–Trinajstić information content (AvgIpc) is 3.50. The van der Waals surface area contributed by atoms with Crippen molar-refractivity contribution in [2.24, 2.45) is 5.92 Å². The molecule has 0 saturated heterocycles. The molecule has 0 spiro atoms. The first-order valence-corrected chi connectivity index (χ1v) is 10.1. The molecule has 0 radical (unpaired) electrons. The van der Waals surface area contributed by atoms with E-state index in [1.807, 2.05) is 24.3 Å². The fourth-order valence-corrected chi connectivity index (χ4v) is 3.59. The van der Waals surface area contributed by atoms with Crippen LogP contribution in [0.4, 0.5) is 13.2 Å². The van der Waals surface area contributed by atoms with Crippen LogP contribution in [-0.4, -0.2) is 23.5 Å². The molecule has 0 N–H and O–H groups in total. The molecule has 0 aromatic heterocycles. The van der Waals surface area contributed by atoms with Gasteiger partial charge in [-0.25, -0.2) is 0 Å². The summed E-state index contributed by atoms with van der Waals surface area (Å²) in [6, 6.07) is 12.5. The van der Waals surface area contributed by atoms with Gasteiger partial charge in [-0.3, -0.25) is 4.79 Å². The number of carbonyl (C=O) groups excluding carboxylic acids is 1. The van der Waals surface area contributed by atoms with Gasteiger partial charge in [-0.2, -0.15) is 13.2 Å². The molecule has 6 heteroatoms. The van der Waals surface area contributed by atoms with Gasteiger partial charge < -0.3 is 9.64 Å². The highest BCUT2D eigenvalue weighted by molar-refractivity contribution is 5.96. The van der Waals surface area contributed by atoms with Gasteiger partial charge in [0.1, 0.15) is 5.75 Å². The number of amides is 1. The molecular formula is C23H24F3NO2. The Hall–Kier alpha value is -2.50. The second-order valence-corrected chi connectivity index (χ2v) is 7.96. The first-order chi connectivity index (χ1) is 13.9. The lowest BCUT2D eigenvalue weighted by atomic mass is 9.86. The van der Waals surface area contributed by atoms with Gasteiger partial charge >= 0.3 is 6.18 Å². The van der Waals surface area contributed by atoms with E-state index < -0.39 is 17.6 Å². The Kier molecular flexibility index (Phi) is 5.52. The van der Waals surface area contributed by atoms with Crippen LogP contribution in [0.5, 0.6) is 5.75 Å². The average molecular weight is 403 g/mol. The standard InChI is InChI=1S/C23H24F3NO2/c24-23(25,26)21-7-2-1-6-20(21)22(28)27(18-10-11-18)14-16-8-12-19(13-9-16)29-15-17-4-3-5-17/h1-2,6-9,12-13,17-18H,3-5,10-11,14-15H2. The quantitative estimate of drug-likeness (QED) is 0.594.